The molecule has 15 heavy (non-hydrogen) atoms. The van der Waals surface area contributed by atoms with Crippen LogP contribution >= 0.6 is 10.7 Å². The first-order valence-corrected chi connectivity index (χ1v) is 9.03. The maximum atomic E-state index is 11.8. The summed E-state index contributed by atoms with van der Waals surface area (Å²) in [5.41, 5.74) is 0. The van der Waals surface area contributed by atoms with Crippen LogP contribution in [0.15, 0.2) is 0 Å². The lowest BCUT2D eigenvalue weighted by molar-refractivity contribution is 0.380. The van der Waals surface area contributed by atoms with E-state index < -0.39 is 19.9 Å². The van der Waals surface area contributed by atoms with E-state index in [1.807, 2.05) is 0 Å². The zero-order valence-corrected chi connectivity index (χ0v) is 10.8. The molecule has 3 nitrogen and oxygen atoms in total. The second kappa shape index (κ2) is 4.34. The van der Waals surface area contributed by atoms with Crippen LogP contribution in [-0.2, 0) is 19.9 Å². The highest BCUT2D eigenvalue weighted by Crippen LogP contribution is 2.37. The second-order valence-electron chi connectivity index (χ2n) is 4.55. The topological polar surface area (TPSA) is 51.2 Å². The fourth-order valence-corrected chi connectivity index (χ4v) is 6.40. The molecule has 2 rings (SSSR count). The summed E-state index contributed by atoms with van der Waals surface area (Å²) in [6.07, 6.45) is 4.66. The summed E-state index contributed by atoms with van der Waals surface area (Å²) in [6.45, 7) is 0. The van der Waals surface area contributed by atoms with Crippen molar-refractivity contribution in [2.24, 2.45) is 5.92 Å². The Labute approximate surface area is 97.5 Å². The Balaban J connectivity index is 2.05. The van der Waals surface area contributed by atoms with Gasteiger partial charge >= 0.3 is 0 Å². The SMILES string of the molecule is O=S1C2CCCC1CC(CS(=O)(=O)Cl)C2. The molecule has 0 saturated carbocycles. The van der Waals surface area contributed by atoms with Crippen LogP contribution in [0.25, 0.3) is 0 Å². The van der Waals surface area contributed by atoms with Gasteiger partial charge in [0.15, 0.2) is 0 Å². The first kappa shape index (κ1) is 11.9. The predicted octanol–water partition coefficient (Wildman–Crippen LogP) is 1.63. The number of halogens is 1. The van der Waals surface area contributed by atoms with Crippen molar-refractivity contribution in [3.63, 3.8) is 0 Å². The molecule has 0 aromatic carbocycles. The monoisotopic (exact) mass is 270 g/mol. The molecule has 0 radical (unpaired) electrons. The molecule has 0 aromatic heterocycles. The van der Waals surface area contributed by atoms with E-state index in [4.69, 9.17) is 10.7 Å². The Hall–Kier alpha value is 0.390. The Morgan fingerprint density at radius 3 is 2.20 bits per heavy atom. The zero-order chi connectivity index (χ0) is 11.1. The van der Waals surface area contributed by atoms with Crippen LogP contribution in [0.5, 0.6) is 0 Å². The molecule has 2 aliphatic heterocycles. The molecule has 2 heterocycles. The van der Waals surface area contributed by atoms with Gasteiger partial charge in [0.1, 0.15) is 0 Å². The van der Waals surface area contributed by atoms with Crippen LogP contribution in [0.1, 0.15) is 32.1 Å². The molecule has 2 unspecified atom stereocenters. The minimum absolute atomic E-state index is 0.0543. The predicted molar refractivity (Wildman–Crippen MR) is 61.9 cm³/mol. The molecule has 2 bridgehead atoms. The van der Waals surface area contributed by atoms with Crippen molar-refractivity contribution in [1.29, 1.82) is 0 Å². The van der Waals surface area contributed by atoms with Crippen molar-refractivity contribution >= 4 is 30.5 Å². The molecule has 2 fully saturated rings. The van der Waals surface area contributed by atoms with Crippen LogP contribution in [0.3, 0.4) is 0 Å². The lowest BCUT2D eigenvalue weighted by Gasteiger charge is -2.37. The molecule has 2 saturated heterocycles. The summed E-state index contributed by atoms with van der Waals surface area (Å²) in [4.78, 5) is 0. The van der Waals surface area contributed by atoms with Gasteiger partial charge in [-0.1, -0.05) is 6.42 Å². The third-order valence-corrected chi connectivity index (χ3v) is 6.75. The Bertz CT molecular complexity index is 350. The maximum absolute atomic E-state index is 11.8. The Kier molecular flexibility index (Phi) is 3.43. The lowest BCUT2D eigenvalue weighted by atomic mass is 9.91. The number of hydrogen-bond donors (Lipinski definition) is 0. The van der Waals surface area contributed by atoms with Crippen molar-refractivity contribution in [3.8, 4) is 0 Å². The van der Waals surface area contributed by atoms with Gasteiger partial charge in [0.05, 0.1) is 5.75 Å². The standard InChI is InChI=1S/C9H15ClO3S2/c10-15(12,13)6-7-4-8-2-1-3-9(5-7)14(8)11/h7-9H,1-6H2. The van der Waals surface area contributed by atoms with Crippen molar-refractivity contribution in [3.05, 3.63) is 0 Å². The van der Waals surface area contributed by atoms with Crippen molar-refractivity contribution in [2.45, 2.75) is 42.6 Å². The summed E-state index contributed by atoms with van der Waals surface area (Å²) in [5.74, 6) is 0.180. The van der Waals surface area contributed by atoms with Crippen molar-refractivity contribution in [1.82, 2.24) is 0 Å². The minimum atomic E-state index is -3.40. The summed E-state index contributed by atoms with van der Waals surface area (Å²) < 4.78 is 33.8. The third-order valence-electron chi connectivity index (χ3n) is 3.34. The van der Waals surface area contributed by atoms with Gasteiger partial charge in [0.25, 0.3) is 0 Å². The Morgan fingerprint density at radius 2 is 1.73 bits per heavy atom. The highest BCUT2D eigenvalue weighted by atomic mass is 35.7. The average Bonchev–Trinajstić information content (AvgIpc) is 2.04. The number of rotatable bonds is 2. The van der Waals surface area contributed by atoms with Gasteiger partial charge in [-0.3, -0.25) is 4.21 Å². The fourth-order valence-electron chi connectivity index (χ4n) is 2.76. The first-order valence-electron chi connectivity index (χ1n) is 5.27. The summed E-state index contributed by atoms with van der Waals surface area (Å²) in [7, 11) is 1.13. The molecule has 2 atom stereocenters. The zero-order valence-electron chi connectivity index (χ0n) is 8.39. The van der Waals surface area contributed by atoms with E-state index in [0.717, 1.165) is 32.1 Å². The van der Waals surface area contributed by atoms with E-state index in [1.54, 1.807) is 0 Å². The molecule has 6 heteroatoms. The van der Waals surface area contributed by atoms with E-state index in [-0.39, 0.29) is 22.2 Å². The smallest absolute Gasteiger partial charge is 0.232 e. The number of fused-ring (bicyclic) bond motifs is 2. The van der Waals surface area contributed by atoms with Gasteiger partial charge < -0.3 is 0 Å². The molecule has 0 aromatic rings. The van der Waals surface area contributed by atoms with Crippen LogP contribution in [0.2, 0.25) is 0 Å². The second-order valence-corrected chi connectivity index (χ2v) is 9.36. The molecular weight excluding hydrogens is 256 g/mol. The number of hydrogen-bond acceptors (Lipinski definition) is 3. The summed E-state index contributed by atoms with van der Waals surface area (Å²) in [6, 6.07) is 0. The lowest BCUT2D eigenvalue weighted by Crippen LogP contribution is -2.40. The molecule has 0 amide bonds. The molecule has 88 valence electrons. The van der Waals surface area contributed by atoms with E-state index in [0.29, 0.717) is 0 Å². The summed E-state index contributed by atoms with van der Waals surface area (Å²) >= 11 is 0. The Morgan fingerprint density at radius 1 is 1.20 bits per heavy atom. The van der Waals surface area contributed by atoms with Crippen LogP contribution in [-0.4, -0.2) is 28.9 Å². The molecule has 0 spiro atoms. The molecule has 0 aliphatic carbocycles. The maximum Gasteiger partial charge on any atom is 0.232 e. The minimum Gasteiger partial charge on any atom is -0.259 e. The fraction of sp³-hybridized carbons (Fsp3) is 1.00. The highest BCUT2D eigenvalue weighted by molar-refractivity contribution is 8.13. The average molecular weight is 271 g/mol. The van der Waals surface area contributed by atoms with E-state index >= 15 is 0 Å². The summed E-state index contributed by atoms with van der Waals surface area (Å²) in [5, 5.41) is 0.446. The quantitative estimate of drug-likeness (QED) is 0.717. The van der Waals surface area contributed by atoms with E-state index in [2.05, 4.69) is 0 Å². The van der Waals surface area contributed by atoms with E-state index in [9.17, 15) is 12.6 Å². The molecule has 2 aliphatic rings. The molecule has 0 N–H and O–H groups in total. The van der Waals surface area contributed by atoms with Gasteiger partial charge in [0, 0.05) is 32.0 Å². The van der Waals surface area contributed by atoms with Crippen molar-refractivity contribution in [2.75, 3.05) is 5.75 Å². The van der Waals surface area contributed by atoms with Gasteiger partial charge in [-0.05, 0) is 31.6 Å². The third kappa shape index (κ3) is 2.94. The van der Waals surface area contributed by atoms with Crippen molar-refractivity contribution < 1.29 is 12.6 Å². The highest BCUT2D eigenvalue weighted by Gasteiger charge is 2.38. The molecular formula is C9H15ClO3S2. The van der Waals surface area contributed by atoms with E-state index in [1.165, 1.54) is 0 Å². The van der Waals surface area contributed by atoms with Crippen LogP contribution in [0, 0.1) is 5.92 Å². The first-order chi connectivity index (χ1) is 6.96. The largest absolute Gasteiger partial charge is 0.259 e. The van der Waals surface area contributed by atoms with Gasteiger partial charge in [-0.15, -0.1) is 0 Å². The van der Waals surface area contributed by atoms with Gasteiger partial charge in [-0.2, -0.15) is 0 Å². The van der Waals surface area contributed by atoms with Gasteiger partial charge in [0.2, 0.25) is 9.05 Å². The van der Waals surface area contributed by atoms with Crippen LogP contribution < -0.4 is 0 Å². The van der Waals surface area contributed by atoms with Gasteiger partial charge in [-0.25, -0.2) is 8.42 Å². The normalized spacial score (nSPS) is 41.4. The van der Waals surface area contributed by atoms with Crippen LogP contribution in [0.4, 0.5) is 0 Å².